The molecule has 0 aliphatic heterocycles. The lowest BCUT2D eigenvalue weighted by atomic mass is 10.0. The predicted octanol–water partition coefficient (Wildman–Crippen LogP) is 15.6. The van der Waals surface area contributed by atoms with E-state index in [0.29, 0.717) is 11.1 Å². The van der Waals surface area contributed by atoms with Crippen LogP contribution in [-0.4, -0.2) is 17.9 Å². The van der Waals surface area contributed by atoms with Gasteiger partial charge in [-0.2, -0.15) is 10.5 Å². The molecule has 0 atom stereocenters. The quantitative estimate of drug-likeness (QED) is 0.174. The van der Waals surface area contributed by atoms with E-state index in [4.69, 9.17) is 0 Å². The van der Waals surface area contributed by atoms with Crippen molar-refractivity contribution in [1.29, 1.82) is 10.5 Å². The van der Waals surface area contributed by atoms with Gasteiger partial charge in [-0.25, -0.2) is 0 Å². The van der Waals surface area contributed by atoms with Crippen LogP contribution >= 0.6 is 0 Å². The topological polar surface area (TPSA) is 66.3 Å². The summed E-state index contributed by atoms with van der Waals surface area (Å²) in [6.07, 6.45) is 0. The van der Waals surface area contributed by atoms with Gasteiger partial charge in [0.05, 0.1) is 77.7 Å². The summed E-state index contributed by atoms with van der Waals surface area (Å²) in [7, 11) is 0. The van der Waals surface area contributed by atoms with Gasteiger partial charge in [0.1, 0.15) is 12.1 Å². The SMILES string of the molecule is N#Cc1cc2c(cc1-n1c3ccccc3c3ccccc31)c1cc(c(C#N)cc1-n1c3ccccc3c3ccccc31)n1c3ccccc3c3cccc(c4ccc5c(c4)c4ccccc4n25)c31. The lowest BCUT2D eigenvalue weighted by Gasteiger charge is -2.16. The normalized spacial score (nSPS) is 12.1. The Hall–Kier alpha value is -9.62. The average Bonchev–Trinajstić information content (AvgIpc) is 4.13. The van der Waals surface area contributed by atoms with Gasteiger partial charge in [0.25, 0.3) is 0 Å². The molecule has 10 aromatic carbocycles. The third kappa shape index (κ3) is 4.72. The van der Waals surface area contributed by atoms with Gasteiger partial charge in [-0.15, -0.1) is 0 Å². The minimum Gasteiger partial charge on any atom is -0.309 e. The number of nitrogens with zero attached hydrogens (tertiary/aromatic N) is 6. The van der Waals surface area contributed by atoms with E-state index in [0.717, 1.165) is 131 Å². The van der Waals surface area contributed by atoms with Crippen molar-refractivity contribution in [2.45, 2.75) is 0 Å². The second kappa shape index (κ2) is 13.5. The van der Waals surface area contributed by atoms with Crippen molar-refractivity contribution in [3.8, 4) is 23.5 Å². The molecule has 6 heteroatoms. The van der Waals surface area contributed by atoms with Crippen molar-refractivity contribution < 1.29 is 0 Å². The van der Waals surface area contributed by atoms with E-state index in [1.165, 1.54) is 0 Å². The maximum atomic E-state index is 11.5. The molecule has 0 aliphatic rings. The summed E-state index contributed by atoms with van der Waals surface area (Å²) in [6.45, 7) is 0. The number of nitriles is 2. The molecule has 6 heterocycles. The van der Waals surface area contributed by atoms with Gasteiger partial charge in [-0.1, -0.05) is 133 Å². The third-order valence-electron chi connectivity index (χ3n) is 14.6. The van der Waals surface area contributed by atoms with Crippen molar-refractivity contribution in [1.82, 2.24) is 17.9 Å². The van der Waals surface area contributed by atoms with Gasteiger partial charge in [-0.3, -0.25) is 0 Å². The van der Waals surface area contributed by atoms with Crippen LogP contribution < -0.4 is 0 Å². The molecule has 0 radical (unpaired) electrons. The first-order chi connectivity index (χ1) is 33.7. The monoisotopic (exact) mass is 862 g/mol. The first-order valence-electron chi connectivity index (χ1n) is 22.9. The van der Waals surface area contributed by atoms with Crippen molar-refractivity contribution in [3.63, 3.8) is 0 Å². The van der Waals surface area contributed by atoms with E-state index >= 15 is 0 Å². The Bertz CT molecular complexity index is 4780. The second-order valence-corrected chi connectivity index (χ2v) is 17.9. The van der Waals surface area contributed by atoms with E-state index in [9.17, 15) is 10.5 Å². The van der Waals surface area contributed by atoms with E-state index in [-0.39, 0.29) is 0 Å². The maximum absolute atomic E-state index is 11.5. The fourth-order valence-electron chi connectivity index (χ4n) is 11.8. The zero-order chi connectivity index (χ0) is 44.8. The lowest BCUT2D eigenvalue weighted by Crippen LogP contribution is -2.01. The van der Waals surface area contributed by atoms with Crippen LogP contribution in [0.1, 0.15) is 11.1 Å². The van der Waals surface area contributed by atoms with Crippen molar-refractivity contribution in [2.24, 2.45) is 0 Å². The molecule has 0 fully saturated rings. The summed E-state index contributed by atoms with van der Waals surface area (Å²) < 4.78 is 9.26. The zero-order valence-electron chi connectivity index (χ0n) is 36.3. The lowest BCUT2D eigenvalue weighted by molar-refractivity contribution is 1.17. The minimum absolute atomic E-state index is 0.542. The highest BCUT2D eigenvalue weighted by atomic mass is 15.0. The van der Waals surface area contributed by atoms with Crippen LogP contribution in [0.2, 0.25) is 0 Å². The van der Waals surface area contributed by atoms with E-state index in [2.05, 4.69) is 236 Å². The number of benzene rings is 10. The largest absolute Gasteiger partial charge is 0.309 e. The molecule has 68 heavy (non-hydrogen) atoms. The highest BCUT2D eigenvalue weighted by Gasteiger charge is 2.23. The minimum atomic E-state index is 0.542. The average molecular weight is 863 g/mol. The fourth-order valence-corrected chi connectivity index (χ4v) is 11.8. The highest BCUT2D eigenvalue weighted by molar-refractivity contribution is 6.21. The Morgan fingerprint density at radius 3 is 1.28 bits per heavy atom. The van der Waals surface area contributed by atoms with Gasteiger partial charge in [0.2, 0.25) is 0 Å². The first kappa shape index (κ1) is 36.7. The summed E-state index contributed by atoms with van der Waals surface area (Å²) in [5, 5.41) is 35.9. The van der Waals surface area contributed by atoms with Crippen LogP contribution in [0.3, 0.4) is 0 Å². The number of rotatable bonds is 2. The molecular weight excluding hydrogens is 829 g/mol. The highest BCUT2D eigenvalue weighted by Crippen LogP contribution is 2.43. The summed E-state index contributed by atoms with van der Waals surface area (Å²) >= 11 is 0. The van der Waals surface area contributed by atoms with Gasteiger partial charge in [-0.05, 0) is 78.2 Å². The molecule has 6 nitrogen and oxygen atoms in total. The van der Waals surface area contributed by atoms with Gasteiger partial charge >= 0.3 is 0 Å². The van der Waals surface area contributed by atoms with Crippen LogP contribution in [0.15, 0.2) is 206 Å². The Morgan fingerprint density at radius 2 is 0.706 bits per heavy atom. The Morgan fingerprint density at radius 1 is 0.265 bits per heavy atom. The molecule has 0 N–H and O–H groups in total. The zero-order valence-corrected chi connectivity index (χ0v) is 36.3. The van der Waals surface area contributed by atoms with Crippen LogP contribution in [0, 0.1) is 22.7 Å². The van der Waals surface area contributed by atoms with E-state index < -0.39 is 0 Å². The van der Waals surface area contributed by atoms with Crippen LogP contribution in [-0.2, 0) is 0 Å². The summed E-state index contributed by atoms with van der Waals surface area (Å²) in [4.78, 5) is 0. The Labute approximate surface area is 387 Å². The molecule has 0 saturated heterocycles. The molecule has 0 saturated carbocycles. The molecule has 6 bridgehead atoms. The van der Waals surface area contributed by atoms with Gasteiger partial charge in [0.15, 0.2) is 0 Å². The summed E-state index contributed by atoms with van der Waals surface area (Å²) in [5.74, 6) is 0. The van der Waals surface area contributed by atoms with E-state index in [1.807, 2.05) is 0 Å². The number of aromatic nitrogens is 4. The van der Waals surface area contributed by atoms with Crippen LogP contribution in [0.25, 0.3) is 131 Å². The molecular formula is C62H34N6. The maximum Gasteiger partial charge on any atom is 0.101 e. The Balaban J connectivity index is 1.31. The van der Waals surface area contributed by atoms with Crippen LogP contribution in [0.4, 0.5) is 0 Å². The third-order valence-corrected chi connectivity index (χ3v) is 14.6. The predicted molar refractivity (Wildman–Crippen MR) is 280 cm³/mol. The number of para-hydroxylation sites is 7. The van der Waals surface area contributed by atoms with Gasteiger partial charge < -0.3 is 17.9 Å². The van der Waals surface area contributed by atoms with Crippen molar-refractivity contribution in [3.05, 3.63) is 217 Å². The molecule has 0 unspecified atom stereocenters. The number of hydrogen-bond acceptors (Lipinski definition) is 2. The molecule has 0 aliphatic carbocycles. The summed E-state index contributed by atoms with van der Waals surface area (Å²) in [5.41, 5.74) is 12.6. The fraction of sp³-hybridized carbons (Fsp3) is 0. The number of hydrogen-bond donors (Lipinski definition) is 0. The molecule has 6 aromatic heterocycles. The second-order valence-electron chi connectivity index (χ2n) is 17.9. The summed E-state index contributed by atoms with van der Waals surface area (Å²) in [6, 6.07) is 78.6. The molecule has 0 spiro atoms. The van der Waals surface area contributed by atoms with Crippen molar-refractivity contribution >= 4 is 120 Å². The standard InChI is InChI=1S/C62H34N6/c63-35-38-31-61-49(33-58(38)65-51-22-7-1-14-41(51)42-15-2-8-23-52(42)65)50-34-59(39(36-64)32-60(50)66-53-24-9-3-16-43(53)44-17-4-10-25-54(44)66)68-56-27-12-5-18-45(56)47-21-13-20-40(62(47)68)37-28-29-57-48(30-37)46-19-6-11-26-55(46)67(57)61/h1-34H. The van der Waals surface area contributed by atoms with Crippen molar-refractivity contribution in [2.75, 3.05) is 0 Å². The van der Waals surface area contributed by atoms with E-state index in [1.54, 1.807) is 0 Å². The Kier molecular flexibility index (Phi) is 7.27. The smallest absolute Gasteiger partial charge is 0.101 e. The molecule has 16 rings (SSSR count). The van der Waals surface area contributed by atoms with Gasteiger partial charge in [0, 0.05) is 59.2 Å². The molecule has 16 aromatic rings. The molecule has 0 amide bonds. The number of fused-ring (bicyclic) bond motifs is 10. The first-order valence-corrected chi connectivity index (χ1v) is 22.9. The molecule has 312 valence electrons. The van der Waals surface area contributed by atoms with Crippen LogP contribution in [0.5, 0.6) is 0 Å².